The van der Waals surface area contributed by atoms with Gasteiger partial charge in [-0.25, -0.2) is 9.07 Å². The fourth-order valence-electron chi connectivity index (χ4n) is 2.61. The summed E-state index contributed by atoms with van der Waals surface area (Å²) in [6.07, 6.45) is 0.942. The fourth-order valence-corrected chi connectivity index (χ4v) is 2.83. The van der Waals surface area contributed by atoms with Crippen molar-refractivity contribution < 1.29 is 13.9 Å². The molecule has 3 aromatic rings. The quantitative estimate of drug-likeness (QED) is 0.578. The molecule has 0 bridgehead atoms. The van der Waals surface area contributed by atoms with Gasteiger partial charge in [0, 0.05) is 18.7 Å². The Morgan fingerprint density at radius 3 is 2.79 bits per heavy atom. The maximum absolute atomic E-state index is 13.2. The van der Waals surface area contributed by atoms with Gasteiger partial charge in [-0.1, -0.05) is 35.8 Å². The summed E-state index contributed by atoms with van der Waals surface area (Å²) in [5.74, 6) is 1.40. The van der Waals surface area contributed by atoms with Crippen LogP contribution in [0.5, 0.6) is 11.5 Å². The lowest BCUT2D eigenvalue weighted by Crippen LogP contribution is -2.09. The van der Waals surface area contributed by atoms with Crippen molar-refractivity contribution in [3.8, 4) is 11.5 Å². The number of ether oxygens (including phenoxy) is 2. The number of hydrogen-bond acceptors (Lipinski definition) is 6. The molecule has 0 aliphatic rings. The number of methoxy groups -OCH3 is 1. The number of halogens is 2. The van der Waals surface area contributed by atoms with Crippen molar-refractivity contribution in [2.45, 2.75) is 33.0 Å². The van der Waals surface area contributed by atoms with Crippen LogP contribution in [0, 0.1) is 5.82 Å². The Balaban J connectivity index is 1.65. The summed E-state index contributed by atoms with van der Waals surface area (Å²) in [4.78, 5) is 0. The van der Waals surface area contributed by atoms with Gasteiger partial charge in [0.2, 0.25) is 5.95 Å². The molecule has 3 rings (SSSR count). The molecule has 0 aliphatic carbocycles. The highest BCUT2D eigenvalue weighted by molar-refractivity contribution is 6.31. The number of tetrazole rings is 1. The van der Waals surface area contributed by atoms with Crippen LogP contribution in [-0.2, 0) is 19.7 Å². The molecular weight excluding hydrogens is 385 g/mol. The van der Waals surface area contributed by atoms with Crippen LogP contribution in [0.3, 0.4) is 0 Å². The van der Waals surface area contributed by atoms with E-state index in [2.05, 4.69) is 27.8 Å². The molecule has 0 atom stereocenters. The SMILES string of the molecule is CCCn1nnnc1NCc1ccc(OCc2ccc(F)cc2Cl)c(OC)c1. The minimum Gasteiger partial charge on any atom is -0.493 e. The minimum absolute atomic E-state index is 0.207. The molecule has 0 unspecified atom stereocenters. The average molecular weight is 406 g/mol. The summed E-state index contributed by atoms with van der Waals surface area (Å²) in [7, 11) is 1.58. The Kier molecular flexibility index (Phi) is 6.65. The van der Waals surface area contributed by atoms with E-state index in [1.807, 2.05) is 18.2 Å². The van der Waals surface area contributed by atoms with Crippen LogP contribution in [0.15, 0.2) is 36.4 Å². The minimum atomic E-state index is -0.381. The van der Waals surface area contributed by atoms with E-state index in [4.69, 9.17) is 21.1 Å². The van der Waals surface area contributed by atoms with E-state index in [0.29, 0.717) is 34.6 Å². The second kappa shape index (κ2) is 9.36. The number of rotatable bonds is 9. The number of aromatic nitrogens is 4. The van der Waals surface area contributed by atoms with Crippen LogP contribution < -0.4 is 14.8 Å². The second-order valence-corrected chi connectivity index (χ2v) is 6.50. The lowest BCUT2D eigenvalue weighted by atomic mass is 10.2. The van der Waals surface area contributed by atoms with Gasteiger partial charge in [0.25, 0.3) is 0 Å². The molecule has 2 aromatic carbocycles. The molecule has 0 fully saturated rings. The van der Waals surface area contributed by atoms with E-state index in [1.54, 1.807) is 17.9 Å². The summed E-state index contributed by atoms with van der Waals surface area (Å²) >= 11 is 6.04. The molecule has 1 heterocycles. The van der Waals surface area contributed by atoms with Crippen LogP contribution in [0.1, 0.15) is 24.5 Å². The largest absolute Gasteiger partial charge is 0.493 e. The van der Waals surface area contributed by atoms with Crippen LogP contribution >= 0.6 is 11.6 Å². The molecular formula is C19H21ClFN5O2. The fraction of sp³-hybridized carbons (Fsp3) is 0.316. The predicted octanol–water partition coefficient (Wildman–Crippen LogP) is 4.08. The van der Waals surface area contributed by atoms with Crippen molar-refractivity contribution in [3.05, 3.63) is 58.4 Å². The number of aryl methyl sites for hydroxylation is 1. The van der Waals surface area contributed by atoms with Gasteiger partial charge in [-0.3, -0.25) is 0 Å². The third-order valence-corrected chi connectivity index (χ3v) is 4.40. The van der Waals surface area contributed by atoms with E-state index >= 15 is 0 Å². The van der Waals surface area contributed by atoms with E-state index in [-0.39, 0.29) is 12.4 Å². The highest BCUT2D eigenvalue weighted by Gasteiger charge is 2.10. The molecule has 0 radical (unpaired) electrons. The Morgan fingerprint density at radius 2 is 2.04 bits per heavy atom. The average Bonchev–Trinajstić information content (AvgIpc) is 3.13. The monoisotopic (exact) mass is 405 g/mol. The molecule has 1 N–H and O–H groups in total. The van der Waals surface area contributed by atoms with Crippen molar-refractivity contribution in [1.29, 1.82) is 0 Å². The first kappa shape index (κ1) is 19.9. The molecule has 0 saturated carbocycles. The molecule has 28 heavy (non-hydrogen) atoms. The smallest absolute Gasteiger partial charge is 0.243 e. The lowest BCUT2D eigenvalue weighted by Gasteiger charge is -2.13. The predicted molar refractivity (Wildman–Crippen MR) is 104 cm³/mol. The zero-order valence-corrected chi connectivity index (χ0v) is 16.4. The molecule has 0 amide bonds. The van der Waals surface area contributed by atoms with Gasteiger partial charge in [0.15, 0.2) is 11.5 Å². The number of nitrogens with zero attached hydrogens (tertiary/aromatic N) is 4. The van der Waals surface area contributed by atoms with E-state index in [9.17, 15) is 4.39 Å². The maximum Gasteiger partial charge on any atom is 0.243 e. The van der Waals surface area contributed by atoms with Gasteiger partial charge >= 0.3 is 0 Å². The maximum atomic E-state index is 13.2. The van der Waals surface area contributed by atoms with Crippen LogP contribution in [0.2, 0.25) is 5.02 Å². The van der Waals surface area contributed by atoms with Crippen molar-refractivity contribution in [2.24, 2.45) is 0 Å². The first-order valence-corrected chi connectivity index (χ1v) is 9.22. The second-order valence-electron chi connectivity index (χ2n) is 6.09. The highest BCUT2D eigenvalue weighted by Crippen LogP contribution is 2.30. The topological polar surface area (TPSA) is 74.1 Å². The summed E-state index contributed by atoms with van der Waals surface area (Å²) in [6, 6.07) is 9.83. The van der Waals surface area contributed by atoms with Gasteiger partial charge in [0.05, 0.1) is 12.1 Å². The van der Waals surface area contributed by atoms with E-state index < -0.39 is 0 Å². The molecule has 1 aromatic heterocycles. The summed E-state index contributed by atoms with van der Waals surface area (Å²) in [6.45, 7) is 3.55. The van der Waals surface area contributed by atoms with Crippen LogP contribution in [0.25, 0.3) is 0 Å². The van der Waals surface area contributed by atoms with E-state index in [1.165, 1.54) is 12.1 Å². The van der Waals surface area contributed by atoms with Crippen LogP contribution in [-0.4, -0.2) is 27.3 Å². The van der Waals surface area contributed by atoms with Crippen molar-refractivity contribution in [1.82, 2.24) is 20.2 Å². The molecule has 0 saturated heterocycles. The highest BCUT2D eigenvalue weighted by atomic mass is 35.5. The Hall–Kier alpha value is -2.87. The summed E-state index contributed by atoms with van der Waals surface area (Å²) < 4.78 is 26.1. The first-order chi connectivity index (χ1) is 13.6. The summed E-state index contributed by atoms with van der Waals surface area (Å²) in [5, 5.41) is 15.2. The standard InChI is InChI=1S/C19H21ClFN5O2/c1-3-8-26-19(23-24-25-26)22-11-13-4-7-17(18(9-13)27-2)28-12-14-5-6-15(21)10-16(14)20/h4-7,9-10H,3,8,11-12H2,1-2H3,(H,22,23,25). The molecule has 0 spiro atoms. The zero-order chi connectivity index (χ0) is 19.9. The number of benzene rings is 2. The van der Waals surface area contributed by atoms with Gasteiger partial charge in [-0.05, 0) is 46.7 Å². The van der Waals surface area contributed by atoms with Crippen molar-refractivity contribution in [2.75, 3.05) is 12.4 Å². The van der Waals surface area contributed by atoms with E-state index in [0.717, 1.165) is 18.5 Å². The number of nitrogens with one attached hydrogen (secondary N) is 1. The Bertz CT molecular complexity index is 934. The molecule has 0 aliphatic heterocycles. The molecule has 7 nitrogen and oxygen atoms in total. The molecule has 148 valence electrons. The van der Waals surface area contributed by atoms with Crippen LogP contribution in [0.4, 0.5) is 10.3 Å². The van der Waals surface area contributed by atoms with Gasteiger partial charge in [-0.2, -0.15) is 0 Å². The van der Waals surface area contributed by atoms with Gasteiger partial charge < -0.3 is 14.8 Å². The third kappa shape index (κ3) is 4.89. The first-order valence-electron chi connectivity index (χ1n) is 8.84. The Labute approximate surface area is 167 Å². The lowest BCUT2D eigenvalue weighted by molar-refractivity contribution is 0.284. The third-order valence-electron chi connectivity index (χ3n) is 4.04. The number of anilines is 1. The van der Waals surface area contributed by atoms with Gasteiger partial charge in [0.1, 0.15) is 12.4 Å². The normalized spacial score (nSPS) is 10.7. The van der Waals surface area contributed by atoms with Crippen molar-refractivity contribution in [3.63, 3.8) is 0 Å². The summed E-state index contributed by atoms with van der Waals surface area (Å²) in [5.41, 5.74) is 1.67. The zero-order valence-electron chi connectivity index (χ0n) is 15.7. The van der Waals surface area contributed by atoms with Gasteiger partial charge in [-0.15, -0.1) is 0 Å². The Morgan fingerprint density at radius 1 is 1.18 bits per heavy atom. The van der Waals surface area contributed by atoms with Crippen molar-refractivity contribution >= 4 is 17.5 Å². The number of hydrogen-bond donors (Lipinski definition) is 1. The molecule has 9 heteroatoms.